The summed E-state index contributed by atoms with van der Waals surface area (Å²) in [4.78, 5) is 14.0. The average molecular weight is 235 g/mol. The molecule has 2 rings (SSSR count). The molecule has 1 saturated carbocycles. The average Bonchev–Trinajstić information content (AvgIpc) is 2.53. The Kier molecular flexibility index (Phi) is 2.81. The lowest BCUT2D eigenvalue weighted by Crippen LogP contribution is -2.62. The third-order valence-electron chi connectivity index (χ3n) is 4.64. The molecule has 1 aliphatic heterocycles. The lowest BCUT2D eigenvalue weighted by molar-refractivity contribution is -0.133. The number of carbonyl (C=O) groups excluding carboxylic acids is 1. The molecule has 1 N–H and O–H groups in total. The Hall–Kier alpha value is -1.24. The van der Waals surface area contributed by atoms with Crippen molar-refractivity contribution in [3.8, 4) is 6.19 Å². The highest BCUT2D eigenvalue weighted by Gasteiger charge is 2.54. The van der Waals surface area contributed by atoms with Crippen LogP contribution in [0.25, 0.3) is 0 Å². The maximum atomic E-state index is 12.2. The Bertz CT molecular complexity index is 371. The first-order chi connectivity index (χ1) is 7.93. The zero-order valence-corrected chi connectivity index (χ0v) is 10.9. The van der Waals surface area contributed by atoms with E-state index in [0.29, 0.717) is 12.5 Å². The predicted molar refractivity (Wildman–Crippen MR) is 64.9 cm³/mol. The summed E-state index contributed by atoms with van der Waals surface area (Å²) in [6, 6.07) is 0. The van der Waals surface area contributed by atoms with E-state index in [0.717, 1.165) is 25.8 Å². The molecule has 0 bridgehead atoms. The Morgan fingerprint density at radius 3 is 2.82 bits per heavy atom. The number of carbonyl (C=O) groups is 1. The van der Waals surface area contributed by atoms with Crippen LogP contribution in [0.2, 0.25) is 0 Å². The SMILES string of the molecule is CCC(C)(C)C(=O)NC12CCC1CN(C#N)C2. The van der Waals surface area contributed by atoms with E-state index in [-0.39, 0.29) is 16.9 Å². The molecule has 0 aromatic carbocycles. The summed E-state index contributed by atoms with van der Waals surface area (Å²) in [5, 5.41) is 12.2. The normalized spacial score (nSPS) is 31.4. The zero-order valence-electron chi connectivity index (χ0n) is 10.9. The third-order valence-corrected chi connectivity index (χ3v) is 4.64. The first kappa shape index (κ1) is 12.2. The number of likely N-dealkylation sites (tertiary alicyclic amines) is 1. The van der Waals surface area contributed by atoms with Gasteiger partial charge in [0.2, 0.25) is 5.91 Å². The molecule has 94 valence electrons. The van der Waals surface area contributed by atoms with Gasteiger partial charge in [-0.3, -0.25) is 4.79 Å². The Labute approximate surface area is 103 Å². The molecule has 2 aliphatic rings. The standard InChI is InChI=1S/C13H21N3O/c1-4-12(2,3)11(17)15-13-6-5-10(13)7-16(8-13)9-14/h10H,4-8H2,1-3H3,(H,15,17). The minimum Gasteiger partial charge on any atom is -0.348 e. The highest BCUT2D eigenvalue weighted by atomic mass is 16.2. The number of nitrogens with zero attached hydrogens (tertiary/aromatic N) is 2. The van der Waals surface area contributed by atoms with E-state index < -0.39 is 0 Å². The minimum absolute atomic E-state index is 0.112. The molecule has 4 nitrogen and oxygen atoms in total. The molecule has 0 aromatic rings. The van der Waals surface area contributed by atoms with E-state index in [1.807, 2.05) is 20.8 Å². The van der Waals surface area contributed by atoms with E-state index in [1.165, 1.54) is 0 Å². The summed E-state index contributed by atoms with van der Waals surface area (Å²) in [5.74, 6) is 0.600. The van der Waals surface area contributed by atoms with Gasteiger partial charge in [0.1, 0.15) is 0 Å². The topological polar surface area (TPSA) is 56.1 Å². The van der Waals surface area contributed by atoms with Crippen molar-refractivity contribution in [1.82, 2.24) is 10.2 Å². The molecule has 1 amide bonds. The van der Waals surface area contributed by atoms with Crippen LogP contribution in [0.5, 0.6) is 0 Å². The summed E-state index contributed by atoms with van der Waals surface area (Å²) in [5.41, 5.74) is -0.422. The van der Waals surface area contributed by atoms with Crippen molar-refractivity contribution in [3.05, 3.63) is 0 Å². The lowest BCUT2D eigenvalue weighted by Gasteiger charge is -2.45. The van der Waals surface area contributed by atoms with Gasteiger partial charge >= 0.3 is 0 Å². The van der Waals surface area contributed by atoms with Crippen molar-refractivity contribution in [2.75, 3.05) is 13.1 Å². The number of nitriles is 1. The second-order valence-electron chi connectivity index (χ2n) is 6.06. The number of nitrogens with one attached hydrogen (secondary N) is 1. The van der Waals surface area contributed by atoms with Crippen LogP contribution < -0.4 is 5.32 Å². The van der Waals surface area contributed by atoms with Crippen molar-refractivity contribution in [3.63, 3.8) is 0 Å². The van der Waals surface area contributed by atoms with Gasteiger partial charge in [0, 0.05) is 17.9 Å². The fraction of sp³-hybridized carbons (Fsp3) is 0.846. The van der Waals surface area contributed by atoms with E-state index in [2.05, 4.69) is 11.5 Å². The first-order valence-electron chi connectivity index (χ1n) is 6.41. The molecular weight excluding hydrogens is 214 g/mol. The summed E-state index contributed by atoms with van der Waals surface area (Å²) in [7, 11) is 0. The first-order valence-corrected chi connectivity index (χ1v) is 6.41. The lowest BCUT2D eigenvalue weighted by atomic mass is 9.68. The van der Waals surface area contributed by atoms with Gasteiger partial charge in [-0.05, 0) is 19.3 Å². The monoisotopic (exact) mass is 235 g/mol. The highest BCUT2D eigenvalue weighted by molar-refractivity contribution is 5.82. The molecule has 0 spiro atoms. The molecule has 1 heterocycles. The van der Waals surface area contributed by atoms with Crippen molar-refractivity contribution in [2.45, 2.75) is 45.6 Å². The second-order valence-corrected chi connectivity index (χ2v) is 6.06. The van der Waals surface area contributed by atoms with Crippen molar-refractivity contribution in [1.29, 1.82) is 5.26 Å². The van der Waals surface area contributed by atoms with Gasteiger partial charge < -0.3 is 10.2 Å². The summed E-state index contributed by atoms with van der Waals surface area (Å²) < 4.78 is 0. The van der Waals surface area contributed by atoms with Gasteiger partial charge in [-0.2, -0.15) is 5.26 Å². The number of amides is 1. The number of hydrogen-bond acceptors (Lipinski definition) is 3. The molecular formula is C13H21N3O. The fourth-order valence-electron chi connectivity index (χ4n) is 2.68. The number of hydrogen-bond donors (Lipinski definition) is 1. The molecule has 2 fully saturated rings. The van der Waals surface area contributed by atoms with Crippen LogP contribution in [0, 0.1) is 22.8 Å². The van der Waals surface area contributed by atoms with Crippen molar-refractivity contribution >= 4 is 5.91 Å². The number of fused-ring (bicyclic) bond motifs is 1. The molecule has 0 radical (unpaired) electrons. The zero-order chi connectivity index (χ0) is 12.7. The van der Waals surface area contributed by atoms with Gasteiger partial charge in [-0.15, -0.1) is 0 Å². The minimum atomic E-state index is -0.311. The van der Waals surface area contributed by atoms with Crippen molar-refractivity contribution in [2.24, 2.45) is 11.3 Å². The van der Waals surface area contributed by atoms with Gasteiger partial charge in [0.25, 0.3) is 0 Å². The van der Waals surface area contributed by atoms with Gasteiger partial charge in [-0.25, -0.2) is 0 Å². The van der Waals surface area contributed by atoms with Crippen LogP contribution in [0.3, 0.4) is 0 Å². The molecule has 17 heavy (non-hydrogen) atoms. The maximum absolute atomic E-state index is 12.2. The molecule has 0 aromatic heterocycles. The fourth-order valence-corrected chi connectivity index (χ4v) is 2.68. The van der Waals surface area contributed by atoms with E-state index in [4.69, 9.17) is 5.26 Å². The van der Waals surface area contributed by atoms with Gasteiger partial charge in [-0.1, -0.05) is 20.8 Å². The smallest absolute Gasteiger partial charge is 0.226 e. The van der Waals surface area contributed by atoms with Crippen molar-refractivity contribution < 1.29 is 4.79 Å². The van der Waals surface area contributed by atoms with Gasteiger partial charge in [0.15, 0.2) is 6.19 Å². The van der Waals surface area contributed by atoms with Crippen LogP contribution in [-0.4, -0.2) is 29.4 Å². The molecule has 4 heteroatoms. The quantitative estimate of drug-likeness (QED) is 0.754. The van der Waals surface area contributed by atoms with E-state index >= 15 is 0 Å². The van der Waals surface area contributed by atoms with Gasteiger partial charge in [0.05, 0.1) is 12.1 Å². The molecule has 1 aliphatic carbocycles. The van der Waals surface area contributed by atoms with E-state index in [1.54, 1.807) is 4.90 Å². The molecule has 2 unspecified atom stereocenters. The Balaban J connectivity index is 2.05. The Morgan fingerprint density at radius 2 is 2.35 bits per heavy atom. The summed E-state index contributed by atoms with van der Waals surface area (Å²) >= 11 is 0. The molecule has 1 saturated heterocycles. The second kappa shape index (κ2) is 3.90. The molecule has 2 atom stereocenters. The van der Waals surface area contributed by atoms with Crippen LogP contribution in [-0.2, 0) is 4.79 Å². The van der Waals surface area contributed by atoms with Crippen LogP contribution in [0.15, 0.2) is 0 Å². The van der Waals surface area contributed by atoms with Crippen LogP contribution in [0.1, 0.15) is 40.0 Å². The number of rotatable bonds is 3. The highest BCUT2D eigenvalue weighted by Crippen LogP contribution is 2.44. The maximum Gasteiger partial charge on any atom is 0.226 e. The largest absolute Gasteiger partial charge is 0.348 e. The van der Waals surface area contributed by atoms with E-state index in [9.17, 15) is 4.79 Å². The van der Waals surface area contributed by atoms with Crippen LogP contribution >= 0.6 is 0 Å². The summed E-state index contributed by atoms with van der Waals surface area (Å²) in [6.45, 7) is 7.49. The third kappa shape index (κ3) is 1.88. The Morgan fingerprint density at radius 1 is 1.65 bits per heavy atom. The van der Waals surface area contributed by atoms with Crippen LogP contribution in [0.4, 0.5) is 0 Å². The summed E-state index contributed by atoms with van der Waals surface area (Å²) in [6.07, 6.45) is 5.18. The predicted octanol–water partition coefficient (Wildman–Crippen LogP) is 1.48.